The lowest BCUT2D eigenvalue weighted by Gasteiger charge is -2.34. The summed E-state index contributed by atoms with van der Waals surface area (Å²) >= 11 is 0. The van der Waals surface area contributed by atoms with Crippen LogP contribution in [0.25, 0.3) is 0 Å². The van der Waals surface area contributed by atoms with E-state index in [1.54, 1.807) is 30.3 Å². The molecule has 0 saturated carbocycles. The standard InChI is InChI=1S/C21H26N2O3S/c24-21(22-15-14-18-9-3-1-4-10-18)17-19-11-7-8-16-23(19)27(25,26)20-12-5-2-6-13-20/h1-6,9-10,12-13,19H,7-8,11,14-17H2,(H,22,24)/t19-/m1/s1. The van der Waals surface area contributed by atoms with Crippen molar-refractivity contribution in [1.82, 2.24) is 9.62 Å². The van der Waals surface area contributed by atoms with Crippen LogP contribution in [0.5, 0.6) is 0 Å². The molecule has 3 rings (SSSR count). The Balaban J connectivity index is 1.59. The number of benzene rings is 2. The van der Waals surface area contributed by atoms with Crippen molar-refractivity contribution >= 4 is 15.9 Å². The van der Waals surface area contributed by atoms with Crippen molar-refractivity contribution in [3.63, 3.8) is 0 Å². The van der Waals surface area contributed by atoms with Crippen LogP contribution in [0, 0.1) is 0 Å². The number of nitrogens with one attached hydrogen (secondary N) is 1. The van der Waals surface area contributed by atoms with E-state index < -0.39 is 10.0 Å². The highest BCUT2D eigenvalue weighted by Gasteiger charge is 2.34. The van der Waals surface area contributed by atoms with Crippen LogP contribution in [-0.4, -0.2) is 37.8 Å². The molecule has 0 bridgehead atoms. The van der Waals surface area contributed by atoms with Crippen LogP contribution in [0.1, 0.15) is 31.2 Å². The van der Waals surface area contributed by atoms with Gasteiger partial charge in [-0.05, 0) is 37.0 Å². The Labute approximate surface area is 161 Å². The average Bonchev–Trinajstić information content (AvgIpc) is 2.70. The van der Waals surface area contributed by atoms with Crippen molar-refractivity contribution in [3.05, 3.63) is 66.2 Å². The summed E-state index contributed by atoms with van der Waals surface area (Å²) in [5, 5.41) is 2.93. The summed E-state index contributed by atoms with van der Waals surface area (Å²) < 4.78 is 27.5. The zero-order valence-corrected chi connectivity index (χ0v) is 16.2. The SMILES string of the molecule is O=C(C[C@H]1CCCCN1S(=O)(=O)c1ccccc1)NCCc1ccccc1. The lowest BCUT2D eigenvalue weighted by atomic mass is 10.0. The molecule has 0 spiro atoms. The third-order valence-electron chi connectivity index (χ3n) is 4.92. The third kappa shape index (κ3) is 5.17. The molecule has 0 aromatic heterocycles. The quantitative estimate of drug-likeness (QED) is 0.796. The Bertz CT molecular complexity index is 838. The Morgan fingerprint density at radius 2 is 1.67 bits per heavy atom. The molecule has 1 amide bonds. The van der Waals surface area contributed by atoms with Crippen molar-refractivity contribution in [1.29, 1.82) is 0 Å². The number of nitrogens with zero attached hydrogens (tertiary/aromatic N) is 1. The first-order valence-corrected chi connectivity index (χ1v) is 10.9. The zero-order chi connectivity index (χ0) is 19.1. The smallest absolute Gasteiger partial charge is 0.243 e. The monoisotopic (exact) mass is 386 g/mol. The van der Waals surface area contributed by atoms with Crippen molar-refractivity contribution < 1.29 is 13.2 Å². The maximum absolute atomic E-state index is 13.0. The minimum Gasteiger partial charge on any atom is -0.356 e. The molecule has 1 saturated heterocycles. The molecule has 5 nitrogen and oxygen atoms in total. The highest BCUT2D eigenvalue weighted by molar-refractivity contribution is 7.89. The van der Waals surface area contributed by atoms with Gasteiger partial charge in [-0.2, -0.15) is 4.31 Å². The van der Waals surface area contributed by atoms with Gasteiger partial charge in [0.1, 0.15) is 0 Å². The highest BCUT2D eigenvalue weighted by atomic mass is 32.2. The largest absolute Gasteiger partial charge is 0.356 e. The average molecular weight is 387 g/mol. The van der Waals surface area contributed by atoms with Gasteiger partial charge in [-0.3, -0.25) is 4.79 Å². The van der Waals surface area contributed by atoms with Crippen LogP contribution in [0.3, 0.4) is 0 Å². The van der Waals surface area contributed by atoms with Crippen LogP contribution in [-0.2, 0) is 21.2 Å². The maximum atomic E-state index is 13.0. The van der Waals surface area contributed by atoms with Crippen molar-refractivity contribution in [3.8, 4) is 0 Å². The Hall–Kier alpha value is -2.18. The van der Waals surface area contributed by atoms with Gasteiger partial charge in [0.25, 0.3) is 0 Å². The summed E-state index contributed by atoms with van der Waals surface area (Å²) in [6.45, 7) is 1.03. The molecule has 1 fully saturated rings. The maximum Gasteiger partial charge on any atom is 0.243 e. The van der Waals surface area contributed by atoms with Crippen molar-refractivity contribution in [2.75, 3.05) is 13.1 Å². The Morgan fingerprint density at radius 1 is 1.00 bits per heavy atom. The second-order valence-electron chi connectivity index (χ2n) is 6.87. The highest BCUT2D eigenvalue weighted by Crippen LogP contribution is 2.27. The molecule has 0 unspecified atom stereocenters. The summed E-state index contributed by atoms with van der Waals surface area (Å²) in [6.07, 6.45) is 3.48. The van der Waals surface area contributed by atoms with Gasteiger partial charge in [-0.1, -0.05) is 55.0 Å². The van der Waals surface area contributed by atoms with Gasteiger partial charge in [0, 0.05) is 25.6 Å². The van der Waals surface area contributed by atoms with Gasteiger partial charge in [0.2, 0.25) is 15.9 Å². The predicted octanol–water partition coefficient (Wildman–Crippen LogP) is 2.98. The summed E-state index contributed by atoms with van der Waals surface area (Å²) in [5.74, 6) is -0.0916. The topological polar surface area (TPSA) is 66.5 Å². The van der Waals surface area contributed by atoms with Crippen molar-refractivity contribution in [2.24, 2.45) is 0 Å². The van der Waals surface area contributed by atoms with E-state index in [2.05, 4.69) is 5.32 Å². The summed E-state index contributed by atoms with van der Waals surface area (Å²) in [7, 11) is -3.57. The molecule has 0 radical (unpaired) electrons. The number of carbonyl (C=O) groups excluding carboxylic acids is 1. The first-order valence-electron chi connectivity index (χ1n) is 9.45. The van der Waals surface area contributed by atoms with Gasteiger partial charge in [0.15, 0.2) is 0 Å². The van der Waals surface area contributed by atoms with Crippen LogP contribution >= 0.6 is 0 Å². The molecular weight excluding hydrogens is 360 g/mol. The second-order valence-corrected chi connectivity index (χ2v) is 8.76. The van der Waals surface area contributed by atoms with Gasteiger partial charge < -0.3 is 5.32 Å². The lowest BCUT2D eigenvalue weighted by Crippen LogP contribution is -2.46. The first kappa shape index (κ1) is 19.6. The second kappa shape index (κ2) is 9.15. The molecule has 144 valence electrons. The predicted molar refractivity (Wildman–Crippen MR) is 106 cm³/mol. The first-order chi connectivity index (χ1) is 13.1. The Kier molecular flexibility index (Phi) is 6.63. The number of carbonyl (C=O) groups is 1. The van der Waals surface area contributed by atoms with E-state index in [1.165, 1.54) is 9.87 Å². The van der Waals surface area contributed by atoms with Crippen LogP contribution in [0.15, 0.2) is 65.6 Å². The molecule has 1 atom stereocenters. The summed E-state index contributed by atoms with van der Waals surface area (Å²) in [6, 6.07) is 18.2. The van der Waals surface area contributed by atoms with Gasteiger partial charge in [-0.25, -0.2) is 8.42 Å². The van der Waals surface area contributed by atoms with Crippen molar-refractivity contribution in [2.45, 2.75) is 43.0 Å². The number of piperidine rings is 1. The minimum atomic E-state index is -3.57. The van der Waals surface area contributed by atoms with Crippen LogP contribution < -0.4 is 5.32 Å². The Morgan fingerprint density at radius 3 is 2.37 bits per heavy atom. The van der Waals surface area contributed by atoms with E-state index in [1.807, 2.05) is 30.3 Å². The molecule has 0 aliphatic carbocycles. The molecule has 2 aromatic rings. The van der Waals surface area contributed by atoms with Gasteiger partial charge >= 0.3 is 0 Å². The summed E-state index contributed by atoms with van der Waals surface area (Å²) in [4.78, 5) is 12.7. The van der Waals surface area contributed by atoms with Crippen LogP contribution in [0.2, 0.25) is 0 Å². The molecule has 1 aliphatic rings. The molecule has 6 heteroatoms. The van der Waals surface area contributed by atoms with E-state index in [-0.39, 0.29) is 18.4 Å². The number of sulfonamides is 1. The fourth-order valence-corrected chi connectivity index (χ4v) is 5.21. The van der Waals surface area contributed by atoms with E-state index >= 15 is 0 Å². The molecule has 2 aromatic carbocycles. The fourth-order valence-electron chi connectivity index (χ4n) is 3.50. The summed E-state index contributed by atoms with van der Waals surface area (Å²) in [5.41, 5.74) is 1.17. The minimum absolute atomic E-state index is 0.0916. The zero-order valence-electron chi connectivity index (χ0n) is 15.4. The molecule has 1 aliphatic heterocycles. The number of hydrogen-bond donors (Lipinski definition) is 1. The molecular formula is C21H26N2O3S. The van der Waals surface area contributed by atoms with Crippen LogP contribution in [0.4, 0.5) is 0 Å². The number of rotatable bonds is 7. The van der Waals surface area contributed by atoms with E-state index in [9.17, 15) is 13.2 Å². The lowest BCUT2D eigenvalue weighted by molar-refractivity contribution is -0.122. The molecule has 1 N–H and O–H groups in total. The molecule has 27 heavy (non-hydrogen) atoms. The number of amides is 1. The van der Waals surface area contributed by atoms with E-state index in [0.29, 0.717) is 18.0 Å². The fraction of sp³-hybridized carbons (Fsp3) is 0.381. The van der Waals surface area contributed by atoms with Gasteiger partial charge in [-0.15, -0.1) is 0 Å². The number of hydrogen-bond acceptors (Lipinski definition) is 3. The van der Waals surface area contributed by atoms with E-state index in [4.69, 9.17) is 0 Å². The molecule has 1 heterocycles. The van der Waals surface area contributed by atoms with E-state index in [0.717, 1.165) is 25.7 Å². The normalized spacial score (nSPS) is 18.1. The van der Waals surface area contributed by atoms with Gasteiger partial charge in [0.05, 0.1) is 4.90 Å². The third-order valence-corrected chi connectivity index (χ3v) is 6.89.